The second-order valence-electron chi connectivity index (χ2n) is 7.89. The molecule has 0 saturated heterocycles. The SMILES string of the molecule is COc1c(NC(=O)c2ccncc2)cccc1C(=O)Nc1c(Cl)cc(C(F)(C(F)(F)F)C(F)(F)F)cc1OC(F)F. The molecule has 3 rings (SSSR count). The van der Waals surface area contributed by atoms with Crippen LogP contribution in [0.3, 0.4) is 0 Å². The number of rotatable bonds is 8. The maximum Gasteiger partial charge on any atom is 0.435 e. The summed E-state index contributed by atoms with van der Waals surface area (Å²) in [7, 11) is 1.09. The Morgan fingerprint density at radius 1 is 0.902 bits per heavy atom. The van der Waals surface area contributed by atoms with Crippen molar-refractivity contribution in [3.8, 4) is 11.5 Å². The minimum absolute atomic E-state index is 0.0648. The van der Waals surface area contributed by atoms with Crippen molar-refractivity contribution in [2.45, 2.75) is 24.6 Å². The lowest BCUT2D eigenvalue weighted by Gasteiger charge is -2.31. The first-order chi connectivity index (χ1) is 19.0. The van der Waals surface area contributed by atoms with E-state index in [2.05, 4.69) is 15.0 Å². The number of pyridine rings is 1. The van der Waals surface area contributed by atoms with Crippen LogP contribution in [0.25, 0.3) is 0 Å². The highest BCUT2D eigenvalue weighted by molar-refractivity contribution is 6.34. The van der Waals surface area contributed by atoms with Crippen LogP contribution in [0, 0.1) is 0 Å². The number of nitrogens with one attached hydrogen (secondary N) is 2. The Balaban J connectivity index is 2.05. The lowest BCUT2D eigenvalue weighted by Crippen LogP contribution is -2.50. The lowest BCUT2D eigenvalue weighted by atomic mass is 9.93. The third-order valence-electron chi connectivity index (χ3n) is 5.34. The Hall–Kier alpha value is -4.21. The maximum absolute atomic E-state index is 14.6. The van der Waals surface area contributed by atoms with Gasteiger partial charge in [0.05, 0.1) is 23.4 Å². The number of alkyl halides is 9. The first-order valence-corrected chi connectivity index (χ1v) is 11.2. The largest absolute Gasteiger partial charge is 0.494 e. The number of anilines is 2. The number of nitrogens with zero attached hydrogens (tertiary/aromatic N) is 1. The molecule has 220 valence electrons. The van der Waals surface area contributed by atoms with Crippen LogP contribution < -0.4 is 20.1 Å². The minimum Gasteiger partial charge on any atom is -0.494 e. The van der Waals surface area contributed by atoms with Crippen LogP contribution in [0.2, 0.25) is 5.02 Å². The van der Waals surface area contributed by atoms with Gasteiger partial charge in [-0.1, -0.05) is 17.7 Å². The van der Waals surface area contributed by atoms with E-state index in [0.717, 1.165) is 13.2 Å². The van der Waals surface area contributed by atoms with Gasteiger partial charge in [0.1, 0.15) is 5.69 Å². The lowest BCUT2D eigenvalue weighted by molar-refractivity contribution is -0.348. The van der Waals surface area contributed by atoms with Crippen LogP contribution >= 0.6 is 11.6 Å². The van der Waals surface area contributed by atoms with Gasteiger partial charge in [-0.15, -0.1) is 0 Å². The minimum atomic E-state index is -6.59. The van der Waals surface area contributed by atoms with Gasteiger partial charge in [-0.25, -0.2) is 4.39 Å². The van der Waals surface area contributed by atoms with Crippen LogP contribution in [0.15, 0.2) is 54.9 Å². The second-order valence-corrected chi connectivity index (χ2v) is 8.30. The van der Waals surface area contributed by atoms with Gasteiger partial charge in [0.15, 0.2) is 11.5 Å². The molecule has 1 aromatic heterocycles. The quantitative estimate of drug-likeness (QED) is 0.263. The zero-order valence-electron chi connectivity index (χ0n) is 20.1. The Morgan fingerprint density at radius 2 is 1.51 bits per heavy atom. The number of carbonyl (C=O) groups excluding carboxylic acids is 2. The molecule has 0 spiro atoms. The van der Waals surface area contributed by atoms with Crippen LogP contribution in [0.5, 0.6) is 11.5 Å². The van der Waals surface area contributed by atoms with Gasteiger partial charge in [-0.2, -0.15) is 35.1 Å². The molecular formula is C24H15ClF9N3O4. The molecule has 17 heteroatoms. The zero-order valence-corrected chi connectivity index (χ0v) is 20.9. The summed E-state index contributed by atoms with van der Waals surface area (Å²) in [5.74, 6) is -3.69. The highest BCUT2D eigenvalue weighted by Gasteiger charge is 2.73. The topological polar surface area (TPSA) is 89.5 Å². The van der Waals surface area contributed by atoms with Crippen molar-refractivity contribution in [1.82, 2.24) is 4.98 Å². The molecule has 0 unspecified atom stereocenters. The number of halogens is 10. The fourth-order valence-electron chi connectivity index (χ4n) is 3.49. The summed E-state index contributed by atoms with van der Waals surface area (Å²) < 4.78 is 129. The van der Waals surface area contributed by atoms with Gasteiger partial charge in [0.2, 0.25) is 0 Å². The molecule has 0 aliphatic carbocycles. The standard InChI is InChI=1S/C24H15ClF9N3O4/c1-40-18-13(3-2-4-15(18)36-19(38)11-5-7-35-8-6-11)20(39)37-17-14(25)9-12(10-16(17)41-21(26)27)22(28,23(29,30)31)24(32,33)34/h2-10,21H,1H3,(H,36,38)(H,37,39). The van der Waals surface area contributed by atoms with Gasteiger partial charge in [-0.05, 0) is 36.4 Å². The first kappa shape index (κ1) is 31.3. The summed E-state index contributed by atoms with van der Waals surface area (Å²) in [5, 5.41) is 3.18. The van der Waals surface area contributed by atoms with Crippen LogP contribution in [-0.2, 0) is 5.67 Å². The summed E-state index contributed by atoms with van der Waals surface area (Å²) in [6, 6.07) is 5.99. The molecule has 2 aromatic carbocycles. The molecule has 0 aliphatic heterocycles. The van der Waals surface area contributed by atoms with E-state index in [0.29, 0.717) is 0 Å². The summed E-state index contributed by atoms with van der Waals surface area (Å²) in [6.07, 6.45) is -10.5. The van der Waals surface area contributed by atoms with Crippen molar-refractivity contribution in [3.05, 3.63) is 76.6 Å². The number of aromatic nitrogens is 1. The van der Waals surface area contributed by atoms with Gasteiger partial charge in [0.25, 0.3) is 11.8 Å². The highest BCUT2D eigenvalue weighted by Crippen LogP contribution is 2.55. The fraction of sp³-hybridized carbons (Fsp3) is 0.208. The summed E-state index contributed by atoms with van der Waals surface area (Å²) in [4.78, 5) is 29.3. The Kier molecular flexibility index (Phi) is 8.95. The van der Waals surface area contributed by atoms with Crippen molar-refractivity contribution in [3.63, 3.8) is 0 Å². The van der Waals surface area contributed by atoms with Crippen molar-refractivity contribution in [2.24, 2.45) is 0 Å². The van der Waals surface area contributed by atoms with Crippen molar-refractivity contribution < 1.29 is 58.6 Å². The van der Waals surface area contributed by atoms with Crippen LogP contribution in [0.4, 0.5) is 50.9 Å². The Labute approximate surface area is 229 Å². The Bertz CT molecular complexity index is 1420. The van der Waals surface area contributed by atoms with Crippen molar-refractivity contribution in [2.75, 3.05) is 17.7 Å². The molecule has 2 amide bonds. The number of para-hydroxylation sites is 1. The maximum atomic E-state index is 14.6. The van der Waals surface area contributed by atoms with E-state index in [9.17, 15) is 49.1 Å². The number of benzene rings is 2. The molecule has 1 heterocycles. The summed E-state index contributed by atoms with van der Waals surface area (Å²) in [5.41, 5.74) is -9.56. The fourth-order valence-corrected chi connectivity index (χ4v) is 3.75. The van der Waals surface area contributed by atoms with Crippen LogP contribution in [-0.4, -0.2) is 42.9 Å². The molecule has 0 bridgehead atoms. The van der Waals surface area contributed by atoms with E-state index in [1.807, 2.05) is 5.32 Å². The predicted octanol–water partition coefficient (Wildman–Crippen LogP) is 7.14. The third kappa shape index (κ3) is 6.42. The molecule has 0 radical (unpaired) electrons. The summed E-state index contributed by atoms with van der Waals surface area (Å²) in [6.45, 7) is -3.84. The monoisotopic (exact) mass is 615 g/mol. The van der Waals surface area contributed by atoms with E-state index in [1.165, 1.54) is 36.7 Å². The average molecular weight is 616 g/mol. The molecule has 7 nitrogen and oxygen atoms in total. The van der Waals surface area contributed by atoms with Crippen LogP contribution in [0.1, 0.15) is 26.3 Å². The molecule has 0 saturated carbocycles. The number of methoxy groups -OCH3 is 1. The molecule has 0 fully saturated rings. The third-order valence-corrected chi connectivity index (χ3v) is 5.64. The molecule has 2 N–H and O–H groups in total. The molecule has 0 atom stereocenters. The predicted molar refractivity (Wildman–Crippen MR) is 126 cm³/mol. The normalized spacial score (nSPS) is 12.2. The van der Waals surface area contributed by atoms with E-state index in [-0.39, 0.29) is 29.1 Å². The number of hydrogen-bond donors (Lipinski definition) is 2. The van der Waals surface area contributed by atoms with Gasteiger partial charge >= 0.3 is 24.6 Å². The Morgan fingerprint density at radius 3 is 2.05 bits per heavy atom. The number of amides is 2. The summed E-state index contributed by atoms with van der Waals surface area (Å²) >= 11 is 5.76. The molecule has 41 heavy (non-hydrogen) atoms. The van der Waals surface area contributed by atoms with Gasteiger partial charge in [0, 0.05) is 23.5 Å². The molecule has 0 aliphatic rings. The number of ether oxygens (including phenoxy) is 2. The van der Waals surface area contributed by atoms with Crippen molar-refractivity contribution >= 4 is 34.8 Å². The van der Waals surface area contributed by atoms with E-state index in [1.54, 1.807) is 0 Å². The molecular weight excluding hydrogens is 601 g/mol. The van der Waals surface area contributed by atoms with E-state index in [4.69, 9.17) is 16.3 Å². The second kappa shape index (κ2) is 11.7. The zero-order chi connectivity index (χ0) is 30.8. The van der Waals surface area contributed by atoms with Gasteiger partial charge in [-0.3, -0.25) is 14.6 Å². The first-order valence-electron chi connectivity index (χ1n) is 10.8. The number of hydrogen-bond acceptors (Lipinski definition) is 5. The average Bonchev–Trinajstić information content (AvgIpc) is 2.88. The van der Waals surface area contributed by atoms with Gasteiger partial charge < -0.3 is 20.1 Å². The highest BCUT2D eigenvalue weighted by atomic mass is 35.5. The molecule has 3 aromatic rings. The van der Waals surface area contributed by atoms with Crippen molar-refractivity contribution in [1.29, 1.82) is 0 Å². The van der Waals surface area contributed by atoms with E-state index < -0.39 is 64.0 Å². The number of carbonyl (C=O) groups is 2. The smallest absolute Gasteiger partial charge is 0.435 e. The van der Waals surface area contributed by atoms with E-state index >= 15 is 0 Å².